The van der Waals surface area contributed by atoms with Crippen molar-refractivity contribution >= 4 is 24.4 Å². The number of amides is 2. The van der Waals surface area contributed by atoms with E-state index in [1.54, 1.807) is 0 Å². The van der Waals surface area contributed by atoms with Crippen LogP contribution in [-0.4, -0.2) is 42.2 Å². The van der Waals surface area contributed by atoms with E-state index < -0.39 is 0 Å². The molecule has 3 fully saturated rings. The van der Waals surface area contributed by atoms with Gasteiger partial charge in [-0.2, -0.15) is 12.6 Å². The van der Waals surface area contributed by atoms with Crippen LogP contribution < -0.4 is 0 Å². The van der Waals surface area contributed by atoms with Gasteiger partial charge in [0.05, 0.1) is 11.8 Å². The Morgan fingerprint density at radius 2 is 1.74 bits per heavy atom. The van der Waals surface area contributed by atoms with Crippen LogP contribution in [0.5, 0.6) is 0 Å². The van der Waals surface area contributed by atoms with Gasteiger partial charge in [0.1, 0.15) is 0 Å². The standard InChI is InChI=1S/C14H21NO3S/c1-13(2)9-10(13)12(17)15(11(9)16)7-14(8-19)3-5-18-6-4-14/h9-10,19H,3-8H2,1-2H3. The fourth-order valence-electron chi connectivity index (χ4n) is 3.67. The summed E-state index contributed by atoms with van der Waals surface area (Å²) in [7, 11) is 0. The van der Waals surface area contributed by atoms with Crippen LogP contribution in [0.1, 0.15) is 26.7 Å². The predicted octanol–water partition coefficient (Wildman–Crippen LogP) is 1.35. The average molecular weight is 283 g/mol. The number of hydrogen-bond acceptors (Lipinski definition) is 4. The maximum atomic E-state index is 12.4. The maximum Gasteiger partial charge on any atom is 0.233 e. The first kappa shape index (κ1) is 13.4. The van der Waals surface area contributed by atoms with Crippen molar-refractivity contribution in [2.45, 2.75) is 26.7 Å². The van der Waals surface area contributed by atoms with Gasteiger partial charge in [0.2, 0.25) is 11.8 Å². The lowest BCUT2D eigenvalue weighted by molar-refractivity contribution is -0.145. The third-order valence-corrected chi connectivity index (χ3v) is 5.94. The van der Waals surface area contributed by atoms with Gasteiger partial charge in [-0.25, -0.2) is 0 Å². The van der Waals surface area contributed by atoms with E-state index in [1.165, 1.54) is 4.90 Å². The van der Waals surface area contributed by atoms with Crippen LogP contribution in [0.2, 0.25) is 0 Å². The van der Waals surface area contributed by atoms with Crippen molar-refractivity contribution in [3.63, 3.8) is 0 Å². The van der Waals surface area contributed by atoms with Gasteiger partial charge in [-0.1, -0.05) is 13.8 Å². The van der Waals surface area contributed by atoms with Crippen molar-refractivity contribution in [1.29, 1.82) is 0 Å². The van der Waals surface area contributed by atoms with Gasteiger partial charge >= 0.3 is 0 Å². The number of imide groups is 1. The number of carbonyl (C=O) groups excluding carboxylic acids is 2. The van der Waals surface area contributed by atoms with Crippen molar-refractivity contribution in [2.24, 2.45) is 22.7 Å². The second-order valence-corrected chi connectivity index (χ2v) is 7.13. The van der Waals surface area contributed by atoms with E-state index in [4.69, 9.17) is 4.74 Å². The van der Waals surface area contributed by atoms with Gasteiger partial charge in [0, 0.05) is 25.2 Å². The Morgan fingerprint density at radius 3 is 2.21 bits per heavy atom. The van der Waals surface area contributed by atoms with E-state index in [-0.39, 0.29) is 34.5 Å². The summed E-state index contributed by atoms with van der Waals surface area (Å²) in [6.07, 6.45) is 1.76. The molecule has 2 atom stereocenters. The zero-order valence-electron chi connectivity index (χ0n) is 11.5. The Labute approximate surface area is 119 Å². The minimum Gasteiger partial charge on any atom is -0.381 e. The molecule has 0 bridgehead atoms. The normalized spacial score (nSPS) is 35.4. The summed E-state index contributed by atoms with van der Waals surface area (Å²) in [4.78, 5) is 26.2. The van der Waals surface area contributed by atoms with Crippen molar-refractivity contribution in [3.05, 3.63) is 0 Å². The minimum absolute atomic E-state index is 0.0349. The molecule has 0 aromatic heterocycles. The van der Waals surface area contributed by atoms with Crippen LogP contribution >= 0.6 is 12.6 Å². The van der Waals surface area contributed by atoms with Crippen molar-refractivity contribution in [1.82, 2.24) is 4.90 Å². The molecular weight excluding hydrogens is 262 g/mol. The Balaban J connectivity index is 1.74. The fourth-order valence-corrected chi connectivity index (χ4v) is 4.08. The number of carbonyl (C=O) groups is 2. The molecular formula is C14H21NO3S. The minimum atomic E-state index is -0.117. The van der Waals surface area contributed by atoms with Gasteiger partial charge in [0.15, 0.2) is 0 Å². The lowest BCUT2D eigenvalue weighted by atomic mass is 9.81. The maximum absolute atomic E-state index is 12.4. The van der Waals surface area contributed by atoms with Crippen molar-refractivity contribution in [2.75, 3.05) is 25.5 Å². The molecule has 5 heteroatoms. The van der Waals surface area contributed by atoms with Crippen LogP contribution in [-0.2, 0) is 14.3 Å². The van der Waals surface area contributed by atoms with E-state index in [0.29, 0.717) is 25.5 Å². The van der Waals surface area contributed by atoms with Crippen LogP contribution in [0.15, 0.2) is 0 Å². The average Bonchev–Trinajstić information content (AvgIpc) is 2.88. The van der Waals surface area contributed by atoms with Gasteiger partial charge in [-0.05, 0) is 24.0 Å². The highest BCUT2D eigenvalue weighted by molar-refractivity contribution is 7.80. The van der Waals surface area contributed by atoms with Crippen LogP contribution in [0.25, 0.3) is 0 Å². The number of ether oxygens (including phenoxy) is 1. The van der Waals surface area contributed by atoms with E-state index in [1.807, 2.05) is 13.8 Å². The molecule has 0 aromatic rings. The fraction of sp³-hybridized carbons (Fsp3) is 0.857. The summed E-state index contributed by atoms with van der Waals surface area (Å²) >= 11 is 4.44. The van der Waals surface area contributed by atoms with Gasteiger partial charge in [-0.3, -0.25) is 14.5 Å². The molecule has 0 N–H and O–H groups in total. The number of thiol groups is 1. The quantitative estimate of drug-likeness (QED) is 0.628. The molecule has 19 heavy (non-hydrogen) atoms. The number of fused-ring (bicyclic) bond motifs is 1. The topological polar surface area (TPSA) is 46.6 Å². The molecule has 0 radical (unpaired) electrons. The molecule has 1 aliphatic carbocycles. The van der Waals surface area contributed by atoms with Crippen molar-refractivity contribution < 1.29 is 14.3 Å². The summed E-state index contributed by atoms with van der Waals surface area (Å²) in [5, 5.41) is 0. The molecule has 106 valence electrons. The number of rotatable bonds is 3. The zero-order valence-corrected chi connectivity index (χ0v) is 12.4. The van der Waals surface area contributed by atoms with E-state index in [9.17, 15) is 9.59 Å². The van der Waals surface area contributed by atoms with Crippen LogP contribution in [0.3, 0.4) is 0 Å². The summed E-state index contributed by atoms with van der Waals surface area (Å²) in [6.45, 7) is 5.96. The molecule has 3 aliphatic rings. The first-order chi connectivity index (χ1) is 8.93. The summed E-state index contributed by atoms with van der Waals surface area (Å²) in [6, 6.07) is 0. The van der Waals surface area contributed by atoms with E-state index >= 15 is 0 Å². The molecule has 2 saturated heterocycles. The third-order valence-electron chi connectivity index (χ3n) is 5.27. The number of likely N-dealkylation sites (tertiary alicyclic amines) is 1. The van der Waals surface area contributed by atoms with E-state index in [0.717, 1.165) is 12.8 Å². The molecule has 2 amide bonds. The second kappa shape index (κ2) is 4.22. The zero-order chi connectivity index (χ0) is 13.8. The SMILES string of the molecule is CC1(C)C2C(=O)N(CC3(CS)CCOCC3)C(=O)C21. The lowest BCUT2D eigenvalue weighted by Crippen LogP contribution is -2.47. The Bertz CT molecular complexity index is 404. The van der Waals surface area contributed by atoms with Gasteiger partial charge in [0.25, 0.3) is 0 Å². The Kier molecular flexibility index (Phi) is 2.98. The molecule has 0 spiro atoms. The van der Waals surface area contributed by atoms with Crippen LogP contribution in [0, 0.1) is 22.7 Å². The van der Waals surface area contributed by atoms with Crippen molar-refractivity contribution in [3.8, 4) is 0 Å². The smallest absolute Gasteiger partial charge is 0.233 e. The monoisotopic (exact) mass is 283 g/mol. The molecule has 4 nitrogen and oxygen atoms in total. The summed E-state index contributed by atoms with van der Waals surface area (Å²) < 4.78 is 5.39. The third kappa shape index (κ3) is 1.85. The molecule has 2 aliphatic heterocycles. The van der Waals surface area contributed by atoms with Gasteiger partial charge in [-0.15, -0.1) is 0 Å². The lowest BCUT2D eigenvalue weighted by Gasteiger charge is -2.39. The molecule has 2 heterocycles. The highest BCUT2D eigenvalue weighted by Gasteiger charge is 2.72. The van der Waals surface area contributed by atoms with Gasteiger partial charge < -0.3 is 4.74 Å². The number of nitrogens with zero attached hydrogens (tertiary/aromatic N) is 1. The molecule has 0 aromatic carbocycles. The summed E-state index contributed by atoms with van der Waals surface area (Å²) in [5.41, 5.74) is -0.165. The molecule has 1 saturated carbocycles. The highest BCUT2D eigenvalue weighted by atomic mass is 32.1. The Hall–Kier alpha value is -0.550. The van der Waals surface area contributed by atoms with E-state index in [2.05, 4.69) is 12.6 Å². The highest BCUT2D eigenvalue weighted by Crippen LogP contribution is 2.63. The first-order valence-electron chi connectivity index (χ1n) is 6.97. The predicted molar refractivity (Wildman–Crippen MR) is 73.8 cm³/mol. The molecule has 2 unspecified atom stereocenters. The number of hydrogen-bond donors (Lipinski definition) is 1. The Morgan fingerprint density at radius 1 is 1.21 bits per heavy atom. The largest absolute Gasteiger partial charge is 0.381 e. The first-order valence-corrected chi connectivity index (χ1v) is 7.60. The summed E-state index contributed by atoms with van der Waals surface area (Å²) in [5.74, 6) is 0.625. The number of piperidine rings is 1. The van der Waals surface area contributed by atoms with Crippen LogP contribution in [0.4, 0.5) is 0 Å². The second-order valence-electron chi connectivity index (χ2n) is 6.81. The molecule has 3 rings (SSSR count).